The maximum absolute atomic E-state index is 2.47. The molecular weight excluding hydrogens is 312 g/mol. The molecule has 0 heteroatoms. The van der Waals surface area contributed by atoms with E-state index in [4.69, 9.17) is 0 Å². The summed E-state index contributed by atoms with van der Waals surface area (Å²) in [5, 5.41) is 0. The first-order valence-electron chi connectivity index (χ1n) is 9.83. The Labute approximate surface area is 157 Å². The number of fused-ring (bicyclic) bond motifs is 1. The number of benzene rings is 3. The van der Waals surface area contributed by atoms with Crippen molar-refractivity contribution < 1.29 is 0 Å². The highest BCUT2D eigenvalue weighted by Crippen LogP contribution is 2.40. The van der Waals surface area contributed by atoms with Gasteiger partial charge in [0, 0.05) is 0 Å². The minimum absolute atomic E-state index is 1.10. The van der Waals surface area contributed by atoms with Crippen LogP contribution in [0.3, 0.4) is 0 Å². The maximum Gasteiger partial charge on any atom is -0.00514 e. The van der Waals surface area contributed by atoms with Gasteiger partial charge in [0.1, 0.15) is 0 Å². The van der Waals surface area contributed by atoms with Gasteiger partial charge < -0.3 is 0 Å². The second kappa shape index (κ2) is 7.74. The fourth-order valence-electron chi connectivity index (χ4n) is 4.02. The Morgan fingerprint density at radius 3 is 1.96 bits per heavy atom. The van der Waals surface area contributed by atoms with Crippen molar-refractivity contribution in [3.63, 3.8) is 0 Å². The van der Waals surface area contributed by atoms with Crippen LogP contribution in [0.4, 0.5) is 0 Å². The summed E-state index contributed by atoms with van der Waals surface area (Å²) >= 11 is 0. The van der Waals surface area contributed by atoms with Crippen molar-refractivity contribution in [2.75, 3.05) is 0 Å². The largest absolute Gasteiger partial charge is 0.0654 e. The Morgan fingerprint density at radius 1 is 0.692 bits per heavy atom. The van der Waals surface area contributed by atoms with Gasteiger partial charge in [0.15, 0.2) is 0 Å². The molecule has 0 spiro atoms. The third-order valence-electron chi connectivity index (χ3n) is 5.38. The van der Waals surface area contributed by atoms with Gasteiger partial charge in [-0.3, -0.25) is 0 Å². The van der Waals surface area contributed by atoms with Crippen molar-refractivity contribution >= 4 is 6.08 Å². The summed E-state index contributed by atoms with van der Waals surface area (Å²) in [7, 11) is 0. The maximum atomic E-state index is 2.47. The first-order chi connectivity index (χ1) is 12.9. The lowest BCUT2D eigenvalue weighted by atomic mass is 9.90. The third kappa shape index (κ3) is 3.37. The highest BCUT2D eigenvalue weighted by atomic mass is 14.2. The van der Waals surface area contributed by atoms with Crippen molar-refractivity contribution in [3.05, 3.63) is 89.5 Å². The fourth-order valence-corrected chi connectivity index (χ4v) is 4.02. The van der Waals surface area contributed by atoms with Gasteiger partial charge in [-0.05, 0) is 52.6 Å². The van der Waals surface area contributed by atoms with Crippen molar-refractivity contribution in [2.24, 2.45) is 0 Å². The van der Waals surface area contributed by atoms with Gasteiger partial charge in [-0.25, -0.2) is 0 Å². The van der Waals surface area contributed by atoms with Gasteiger partial charge in [-0.2, -0.15) is 0 Å². The van der Waals surface area contributed by atoms with E-state index in [2.05, 4.69) is 85.8 Å². The lowest BCUT2D eigenvalue weighted by Crippen LogP contribution is -1.93. The van der Waals surface area contributed by atoms with E-state index in [0.717, 1.165) is 6.42 Å². The zero-order valence-electron chi connectivity index (χ0n) is 15.5. The number of rotatable bonds is 6. The van der Waals surface area contributed by atoms with Crippen LogP contribution in [-0.4, -0.2) is 0 Å². The molecule has 0 unspecified atom stereocenters. The molecule has 0 aliphatic heterocycles. The van der Waals surface area contributed by atoms with E-state index in [1.807, 2.05) is 0 Å². The zero-order valence-corrected chi connectivity index (χ0v) is 15.5. The molecule has 1 aliphatic carbocycles. The van der Waals surface area contributed by atoms with E-state index >= 15 is 0 Å². The second-order valence-corrected chi connectivity index (χ2v) is 7.22. The van der Waals surface area contributed by atoms with Crippen molar-refractivity contribution in [1.29, 1.82) is 0 Å². The van der Waals surface area contributed by atoms with Crippen LogP contribution in [0.2, 0.25) is 0 Å². The van der Waals surface area contributed by atoms with Crippen LogP contribution in [0.1, 0.15) is 43.7 Å². The Hall–Kier alpha value is -2.60. The summed E-state index contributed by atoms with van der Waals surface area (Å²) in [6.07, 6.45) is 8.71. The summed E-state index contributed by atoms with van der Waals surface area (Å²) in [6.45, 7) is 2.28. The Morgan fingerprint density at radius 2 is 1.31 bits per heavy atom. The van der Waals surface area contributed by atoms with Crippen molar-refractivity contribution in [2.45, 2.75) is 39.0 Å². The van der Waals surface area contributed by atoms with Crippen LogP contribution in [0, 0.1) is 0 Å². The molecule has 3 aromatic rings. The van der Waals surface area contributed by atoms with Crippen molar-refractivity contribution in [3.8, 4) is 22.3 Å². The van der Waals surface area contributed by atoms with Gasteiger partial charge >= 0.3 is 0 Å². The summed E-state index contributed by atoms with van der Waals surface area (Å²) in [6, 6.07) is 26.3. The summed E-state index contributed by atoms with van der Waals surface area (Å²) in [4.78, 5) is 0. The monoisotopic (exact) mass is 338 g/mol. The van der Waals surface area contributed by atoms with Crippen LogP contribution in [-0.2, 0) is 6.42 Å². The Bertz CT molecular complexity index is 902. The van der Waals surface area contributed by atoms with Crippen LogP contribution < -0.4 is 0 Å². The molecule has 0 heterocycles. The Balaban J connectivity index is 1.78. The molecule has 0 N–H and O–H groups in total. The molecule has 0 aromatic heterocycles. The van der Waals surface area contributed by atoms with E-state index in [1.54, 1.807) is 5.57 Å². The van der Waals surface area contributed by atoms with Gasteiger partial charge in [0.2, 0.25) is 0 Å². The van der Waals surface area contributed by atoms with E-state index in [-0.39, 0.29) is 0 Å². The molecule has 0 atom stereocenters. The predicted molar refractivity (Wildman–Crippen MR) is 113 cm³/mol. The average molecular weight is 338 g/mol. The molecule has 26 heavy (non-hydrogen) atoms. The summed E-state index contributed by atoms with van der Waals surface area (Å²) in [5.74, 6) is 0. The molecule has 0 bridgehead atoms. The highest BCUT2D eigenvalue weighted by molar-refractivity contribution is 5.86. The third-order valence-corrected chi connectivity index (χ3v) is 5.38. The minimum atomic E-state index is 1.10. The molecule has 3 aromatic carbocycles. The van der Waals surface area contributed by atoms with Crippen LogP contribution in [0.15, 0.2) is 78.4 Å². The highest BCUT2D eigenvalue weighted by Gasteiger charge is 2.20. The minimum Gasteiger partial charge on any atom is -0.0654 e. The van der Waals surface area contributed by atoms with E-state index in [1.165, 1.54) is 59.1 Å². The Kier molecular flexibility index (Phi) is 5.02. The molecule has 0 amide bonds. The van der Waals surface area contributed by atoms with Gasteiger partial charge in [-0.15, -0.1) is 0 Å². The summed E-state index contributed by atoms with van der Waals surface area (Å²) < 4.78 is 0. The van der Waals surface area contributed by atoms with E-state index in [0.29, 0.717) is 0 Å². The predicted octanol–water partition coefficient (Wildman–Crippen LogP) is 7.54. The number of hydrogen-bond acceptors (Lipinski definition) is 0. The molecule has 1 aliphatic rings. The quantitative estimate of drug-likeness (QED) is 0.407. The summed E-state index contributed by atoms with van der Waals surface area (Å²) in [5.41, 5.74) is 9.93. The second-order valence-electron chi connectivity index (χ2n) is 7.22. The van der Waals surface area contributed by atoms with Crippen molar-refractivity contribution in [1.82, 2.24) is 0 Å². The normalized spacial score (nSPS) is 12.7. The van der Waals surface area contributed by atoms with Gasteiger partial charge in [-0.1, -0.05) is 104 Å². The van der Waals surface area contributed by atoms with E-state index < -0.39 is 0 Å². The molecule has 0 fully saturated rings. The van der Waals surface area contributed by atoms with Crippen LogP contribution in [0.25, 0.3) is 28.3 Å². The zero-order chi connectivity index (χ0) is 17.8. The molecule has 4 rings (SSSR count). The van der Waals surface area contributed by atoms with Crippen LogP contribution in [0.5, 0.6) is 0 Å². The number of unbranched alkanes of at least 4 members (excludes halogenated alkanes) is 2. The standard InChI is InChI=1S/C26H26/c1-2-3-6-11-20-18-25-23(21-12-7-4-8-13-21)16-17-24(26(25)19-20)22-14-9-5-10-15-22/h4-5,7-10,12-18H,2-3,6,11,19H2,1H3. The molecule has 130 valence electrons. The molecule has 0 saturated carbocycles. The first kappa shape index (κ1) is 16.8. The number of allylic oxidation sites excluding steroid dienone is 1. The molecule has 0 radical (unpaired) electrons. The smallest absolute Gasteiger partial charge is 0.00514 e. The fraction of sp³-hybridized carbons (Fsp3) is 0.231. The SMILES string of the molecule is CCCCCC1=Cc2c(-c3ccccc3)ccc(-c3ccccc3)c2C1. The van der Waals surface area contributed by atoms with Gasteiger partial charge in [0.25, 0.3) is 0 Å². The topological polar surface area (TPSA) is 0 Å². The lowest BCUT2D eigenvalue weighted by Gasteiger charge is -2.14. The van der Waals surface area contributed by atoms with Crippen LogP contribution >= 0.6 is 0 Å². The van der Waals surface area contributed by atoms with E-state index in [9.17, 15) is 0 Å². The first-order valence-corrected chi connectivity index (χ1v) is 9.83. The number of hydrogen-bond donors (Lipinski definition) is 0. The average Bonchev–Trinajstić information content (AvgIpc) is 3.13. The lowest BCUT2D eigenvalue weighted by molar-refractivity contribution is 0.709. The molecule has 0 saturated heterocycles. The molecule has 0 nitrogen and oxygen atoms in total. The van der Waals surface area contributed by atoms with Gasteiger partial charge in [0.05, 0.1) is 0 Å². The molecular formula is C26H26.